The standard InChI is InChI=1S/C21H17F3O4/c1-27-20(26)18(14-8-10-17(11-9-14)21(22,23)24)28-19(25)16-7-6-13-4-2-3-5-15(13)12-16/h2,4,6-12,18H,3,5H2,1H3. The Balaban J connectivity index is 1.84. The molecule has 0 saturated carbocycles. The molecule has 7 heteroatoms. The summed E-state index contributed by atoms with van der Waals surface area (Å²) in [5.41, 5.74) is 1.48. The van der Waals surface area contributed by atoms with Crippen LogP contribution < -0.4 is 0 Å². The Bertz CT molecular complexity index is 914. The normalized spacial score (nSPS) is 14.1. The molecule has 146 valence electrons. The van der Waals surface area contributed by atoms with Crippen molar-refractivity contribution in [1.29, 1.82) is 0 Å². The molecule has 1 unspecified atom stereocenters. The lowest BCUT2D eigenvalue weighted by Crippen LogP contribution is -2.21. The number of carbonyl (C=O) groups excluding carboxylic acids is 2. The number of hydrogen-bond acceptors (Lipinski definition) is 4. The Morgan fingerprint density at radius 1 is 1.07 bits per heavy atom. The molecular formula is C21H17F3O4. The molecule has 1 atom stereocenters. The number of halogens is 3. The van der Waals surface area contributed by atoms with Gasteiger partial charge in [-0.1, -0.05) is 30.4 Å². The second kappa shape index (κ2) is 7.88. The first kappa shape index (κ1) is 19.7. The van der Waals surface area contributed by atoms with Crippen molar-refractivity contribution in [2.75, 3.05) is 7.11 Å². The van der Waals surface area contributed by atoms with Gasteiger partial charge in [-0.15, -0.1) is 0 Å². The van der Waals surface area contributed by atoms with Crippen LogP contribution >= 0.6 is 0 Å². The third-order valence-corrected chi connectivity index (χ3v) is 4.44. The molecule has 0 aliphatic heterocycles. The zero-order valence-electron chi connectivity index (χ0n) is 15.0. The Kier molecular flexibility index (Phi) is 5.53. The van der Waals surface area contributed by atoms with Gasteiger partial charge in [-0.05, 0) is 48.2 Å². The molecule has 0 radical (unpaired) electrons. The van der Waals surface area contributed by atoms with Crippen LogP contribution in [0, 0.1) is 0 Å². The number of hydrogen-bond donors (Lipinski definition) is 0. The van der Waals surface area contributed by atoms with Gasteiger partial charge in [-0.2, -0.15) is 13.2 Å². The predicted octanol–water partition coefficient (Wildman–Crippen LogP) is 4.74. The summed E-state index contributed by atoms with van der Waals surface area (Å²) < 4.78 is 48.1. The number of aryl methyl sites for hydroxylation is 1. The summed E-state index contributed by atoms with van der Waals surface area (Å²) in [6.07, 6.45) is -0.316. The van der Waals surface area contributed by atoms with E-state index in [2.05, 4.69) is 4.74 Å². The van der Waals surface area contributed by atoms with E-state index in [1.54, 1.807) is 18.2 Å². The van der Waals surface area contributed by atoms with Crippen molar-refractivity contribution in [2.45, 2.75) is 25.1 Å². The van der Waals surface area contributed by atoms with E-state index < -0.39 is 29.8 Å². The monoisotopic (exact) mass is 390 g/mol. The lowest BCUT2D eigenvalue weighted by molar-refractivity contribution is -0.151. The molecule has 0 N–H and O–H groups in total. The van der Waals surface area contributed by atoms with Crippen molar-refractivity contribution in [2.24, 2.45) is 0 Å². The fourth-order valence-electron chi connectivity index (χ4n) is 2.94. The molecule has 28 heavy (non-hydrogen) atoms. The fraction of sp³-hybridized carbons (Fsp3) is 0.238. The number of rotatable bonds is 4. The fourth-order valence-corrected chi connectivity index (χ4v) is 2.94. The van der Waals surface area contributed by atoms with Gasteiger partial charge in [-0.25, -0.2) is 9.59 Å². The van der Waals surface area contributed by atoms with Gasteiger partial charge in [0.25, 0.3) is 0 Å². The molecule has 3 rings (SSSR count). The summed E-state index contributed by atoms with van der Waals surface area (Å²) in [5, 5.41) is 0. The van der Waals surface area contributed by atoms with Crippen LogP contribution in [0.15, 0.2) is 48.5 Å². The number of carbonyl (C=O) groups is 2. The SMILES string of the molecule is COC(=O)C(OC(=O)c1ccc2c(c1)CCC=C2)c1ccc(C(F)(F)F)cc1. The zero-order chi connectivity index (χ0) is 20.3. The highest BCUT2D eigenvalue weighted by atomic mass is 19.4. The Hall–Kier alpha value is -3.09. The summed E-state index contributed by atoms with van der Waals surface area (Å²) >= 11 is 0. The second-order valence-corrected chi connectivity index (χ2v) is 6.28. The molecule has 2 aromatic carbocycles. The summed E-state index contributed by atoms with van der Waals surface area (Å²) in [5.74, 6) is -1.64. The third kappa shape index (κ3) is 4.24. The lowest BCUT2D eigenvalue weighted by atomic mass is 9.95. The van der Waals surface area contributed by atoms with Gasteiger partial charge in [-0.3, -0.25) is 0 Å². The molecule has 0 spiro atoms. The van der Waals surface area contributed by atoms with Gasteiger partial charge in [0.15, 0.2) is 0 Å². The third-order valence-electron chi connectivity index (χ3n) is 4.44. The number of fused-ring (bicyclic) bond motifs is 1. The first-order chi connectivity index (χ1) is 13.3. The first-order valence-electron chi connectivity index (χ1n) is 8.55. The van der Waals surface area contributed by atoms with E-state index in [0.717, 1.165) is 55.3 Å². The Morgan fingerprint density at radius 3 is 2.43 bits per heavy atom. The van der Waals surface area contributed by atoms with Crippen molar-refractivity contribution < 1.29 is 32.2 Å². The van der Waals surface area contributed by atoms with Crippen molar-refractivity contribution in [1.82, 2.24) is 0 Å². The van der Waals surface area contributed by atoms with Gasteiger partial charge in [0.05, 0.1) is 18.2 Å². The van der Waals surface area contributed by atoms with Crippen LogP contribution in [0.5, 0.6) is 0 Å². The number of alkyl halides is 3. The molecule has 0 amide bonds. The van der Waals surface area contributed by atoms with E-state index >= 15 is 0 Å². The van der Waals surface area contributed by atoms with E-state index in [1.807, 2.05) is 12.2 Å². The van der Waals surface area contributed by atoms with E-state index in [0.29, 0.717) is 0 Å². The Morgan fingerprint density at radius 2 is 1.79 bits per heavy atom. The highest BCUT2D eigenvalue weighted by Gasteiger charge is 2.32. The van der Waals surface area contributed by atoms with Crippen LogP contribution in [0.3, 0.4) is 0 Å². The quantitative estimate of drug-likeness (QED) is 0.708. The van der Waals surface area contributed by atoms with Crippen molar-refractivity contribution in [3.8, 4) is 0 Å². The Labute approximate surface area is 159 Å². The summed E-state index contributed by atoms with van der Waals surface area (Å²) in [4.78, 5) is 24.6. The lowest BCUT2D eigenvalue weighted by Gasteiger charge is -2.18. The van der Waals surface area contributed by atoms with Gasteiger partial charge >= 0.3 is 18.1 Å². The second-order valence-electron chi connectivity index (χ2n) is 6.28. The van der Waals surface area contributed by atoms with Crippen LogP contribution in [0.4, 0.5) is 13.2 Å². The molecule has 0 saturated heterocycles. The number of esters is 2. The molecule has 1 aliphatic carbocycles. The van der Waals surface area contributed by atoms with Crippen LogP contribution in [-0.4, -0.2) is 19.0 Å². The molecule has 2 aromatic rings. The van der Waals surface area contributed by atoms with Gasteiger partial charge < -0.3 is 9.47 Å². The minimum Gasteiger partial charge on any atom is -0.466 e. The summed E-state index contributed by atoms with van der Waals surface area (Å²) in [7, 11) is 1.11. The molecule has 0 fully saturated rings. The average Bonchev–Trinajstić information content (AvgIpc) is 2.70. The van der Waals surface area contributed by atoms with Crippen molar-refractivity contribution in [3.05, 3.63) is 76.4 Å². The molecule has 4 nitrogen and oxygen atoms in total. The number of ether oxygens (including phenoxy) is 2. The maximum Gasteiger partial charge on any atom is 0.416 e. The van der Waals surface area contributed by atoms with Crippen molar-refractivity contribution in [3.63, 3.8) is 0 Å². The predicted molar refractivity (Wildman–Crippen MR) is 95.4 cm³/mol. The van der Waals surface area contributed by atoms with E-state index in [1.165, 1.54) is 0 Å². The van der Waals surface area contributed by atoms with E-state index in [9.17, 15) is 22.8 Å². The summed E-state index contributed by atoms with van der Waals surface area (Å²) in [6, 6.07) is 8.90. The maximum absolute atomic E-state index is 12.7. The number of methoxy groups -OCH3 is 1. The first-order valence-corrected chi connectivity index (χ1v) is 8.55. The van der Waals surface area contributed by atoms with Crippen molar-refractivity contribution >= 4 is 18.0 Å². The van der Waals surface area contributed by atoms with Gasteiger partial charge in [0, 0.05) is 5.56 Å². The number of benzene rings is 2. The maximum atomic E-state index is 12.7. The van der Waals surface area contributed by atoms with Crippen LogP contribution in [0.2, 0.25) is 0 Å². The van der Waals surface area contributed by atoms with E-state index in [4.69, 9.17) is 4.74 Å². The average molecular weight is 390 g/mol. The number of allylic oxidation sites excluding steroid dienone is 1. The smallest absolute Gasteiger partial charge is 0.416 e. The minimum absolute atomic E-state index is 0.0918. The minimum atomic E-state index is -4.51. The zero-order valence-corrected chi connectivity index (χ0v) is 15.0. The van der Waals surface area contributed by atoms with Gasteiger partial charge in [0.1, 0.15) is 0 Å². The van der Waals surface area contributed by atoms with Crippen LogP contribution in [0.25, 0.3) is 6.08 Å². The topological polar surface area (TPSA) is 52.6 Å². The van der Waals surface area contributed by atoms with Crippen LogP contribution in [-0.2, 0) is 26.9 Å². The highest BCUT2D eigenvalue weighted by molar-refractivity contribution is 5.92. The molecule has 0 heterocycles. The van der Waals surface area contributed by atoms with E-state index in [-0.39, 0.29) is 11.1 Å². The summed E-state index contributed by atoms with van der Waals surface area (Å²) in [6.45, 7) is 0. The highest BCUT2D eigenvalue weighted by Crippen LogP contribution is 2.31. The van der Waals surface area contributed by atoms with Crippen LogP contribution in [0.1, 0.15) is 45.1 Å². The molecule has 1 aliphatic rings. The largest absolute Gasteiger partial charge is 0.466 e. The molecule has 0 aromatic heterocycles. The molecule has 0 bridgehead atoms. The molecular weight excluding hydrogens is 373 g/mol. The van der Waals surface area contributed by atoms with Gasteiger partial charge in [0.2, 0.25) is 6.10 Å².